The molecular weight excluding hydrogens is 440 g/mol. The molecule has 0 bridgehead atoms. The van der Waals surface area contributed by atoms with E-state index in [0.29, 0.717) is 23.6 Å². The number of nitrogens with one attached hydrogen (secondary N) is 2. The Morgan fingerprint density at radius 3 is 2.22 bits per heavy atom. The highest BCUT2D eigenvalue weighted by atomic mass is 16.3. The molecule has 1 unspecified atom stereocenters. The number of aryl methyl sites for hydroxylation is 1. The number of allylic oxidation sites excluding steroid dienone is 3. The molecule has 1 atom stereocenters. The maximum absolute atomic E-state index is 10.8. The van der Waals surface area contributed by atoms with Crippen molar-refractivity contribution >= 4 is 5.69 Å². The van der Waals surface area contributed by atoms with Crippen molar-refractivity contribution in [2.24, 2.45) is 11.3 Å². The van der Waals surface area contributed by atoms with Gasteiger partial charge in [0.1, 0.15) is 5.75 Å². The molecular formula is C33H48N2O. The Hall–Kier alpha value is -2.94. The van der Waals surface area contributed by atoms with Crippen LogP contribution in [0.3, 0.4) is 0 Å². The van der Waals surface area contributed by atoms with Crippen molar-refractivity contribution in [2.45, 2.75) is 87.1 Å². The Balaban J connectivity index is 1.95. The lowest BCUT2D eigenvalue weighted by Crippen LogP contribution is -2.15. The summed E-state index contributed by atoms with van der Waals surface area (Å²) in [5, 5.41) is 17.6. The standard InChI is InChI=1S/C33H48N2O/c1-11-28(35-29-16-13-26(14-17-29)18-24(3)21-32(5,6)7)15-12-25(4)34-22-27-19-23(2)20-30(31(27)36)33(8,9)10/h11-17,19-20,24,34-36H,4,18,21-22H2,1-3,5-10H3/b15-12-,28-11+. The number of phenols is 1. The third kappa shape index (κ3) is 9.60. The van der Waals surface area contributed by atoms with Crippen LogP contribution in [0, 0.1) is 18.3 Å². The molecule has 3 heteroatoms. The maximum atomic E-state index is 10.8. The molecule has 0 spiro atoms. The summed E-state index contributed by atoms with van der Waals surface area (Å²) < 4.78 is 0. The fourth-order valence-corrected chi connectivity index (χ4v) is 4.64. The number of hydrogen-bond acceptors (Lipinski definition) is 3. The van der Waals surface area contributed by atoms with Crippen molar-refractivity contribution in [3.8, 4) is 5.75 Å². The van der Waals surface area contributed by atoms with E-state index in [9.17, 15) is 5.11 Å². The number of hydrogen-bond donors (Lipinski definition) is 3. The van der Waals surface area contributed by atoms with Gasteiger partial charge in [-0.05, 0) is 78.8 Å². The van der Waals surface area contributed by atoms with Gasteiger partial charge >= 0.3 is 0 Å². The smallest absolute Gasteiger partial charge is 0.124 e. The first-order chi connectivity index (χ1) is 16.7. The average Bonchev–Trinajstić information content (AvgIpc) is 2.76. The van der Waals surface area contributed by atoms with Gasteiger partial charge in [-0.1, -0.05) is 91.0 Å². The Morgan fingerprint density at radius 2 is 1.67 bits per heavy atom. The topological polar surface area (TPSA) is 44.3 Å². The Morgan fingerprint density at radius 1 is 1.03 bits per heavy atom. The average molecular weight is 489 g/mol. The molecule has 2 aromatic rings. The van der Waals surface area contributed by atoms with E-state index in [-0.39, 0.29) is 5.41 Å². The molecule has 0 aliphatic heterocycles. The highest BCUT2D eigenvalue weighted by Gasteiger charge is 2.20. The molecule has 36 heavy (non-hydrogen) atoms. The summed E-state index contributed by atoms with van der Waals surface area (Å²) in [6, 6.07) is 12.8. The largest absolute Gasteiger partial charge is 0.507 e. The lowest BCUT2D eigenvalue weighted by Gasteiger charge is -2.23. The van der Waals surface area contributed by atoms with E-state index in [1.54, 1.807) is 0 Å². The van der Waals surface area contributed by atoms with E-state index in [4.69, 9.17) is 0 Å². The molecule has 0 saturated heterocycles. The molecule has 0 heterocycles. The van der Waals surface area contributed by atoms with E-state index in [0.717, 1.165) is 40.2 Å². The van der Waals surface area contributed by atoms with Gasteiger partial charge in [0.25, 0.3) is 0 Å². The van der Waals surface area contributed by atoms with Crippen molar-refractivity contribution in [1.82, 2.24) is 5.32 Å². The molecule has 3 N–H and O–H groups in total. The van der Waals surface area contributed by atoms with Crippen molar-refractivity contribution < 1.29 is 5.11 Å². The number of benzene rings is 2. The van der Waals surface area contributed by atoms with Crippen LogP contribution in [-0.2, 0) is 18.4 Å². The van der Waals surface area contributed by atoms with Crippen molar-refractivity contribution in [1.29, 1.82) is 0 Å². The van der Waals surface area contributed by atoms with Gasteiger partial charge in [-0.3, -0.25) is 0 Å². The Bertz CT molecular complexity index is 1080. The van der Waals surface area contributed by atoms with Gasteiger partial charge in [-0.15, -0.1) is 0 Å². The summed E-state index contributed by atoms with van der Waals surface area (Å²) in [4.78, 5) is 0. The number of anilines is 1. The van der Waals surface area contributed by atoms with Crippen molar-refractivity contribution in [2.75, 3.05) is 5.32 Å². The summed E-state index contributed by atoms with van der Waals surface area (Å²) in [6.45, 7) is 24.4. The third-order valence-electron chi connectivity index (χ3n) is 6.21. The summed E-state index contributed by atoms with van der Waals surface area (Å²) >= 11 is 0. The minimum absolute atomic E-state index is 0.114. The molecule has 0 aliphatic carbocycles. The van der Waals surface area contributed by atoms with Crippen LogP contribution in [0.4, 0.5) is 5.69 Å². The zero-order valence-electron chi connectivity index (χ0n) is 24.0. The fraction of sp³-hybridized carbons (Fsp3) is 0.455. The van der Waals surface area contributed by atoms with E-state index < -0.39 is 0 Å². The van der Waals surface area contributed by atoms with Gasteiger partial charge in [0.05, 0.1) is 0 Å². The molecule has 0 aromatic heterocycles. The Kier molecular flexibility index (Phi) is 10.0. The molecule has 0 saturated carbocycles. The molecule has 0 aliphatic rings. The number of rotatable bonds is 10. The van der Waals surface area contributed by atoms with Crippen LogP contribution in [0.15, 0.2) is 72.6 Å². The van der Waals surface area contributed by atoms with Crippen molar-refractivity contribution in [3.63, 3.8) is 0 Å². The van der Waals surface area contributed by atoms with Gasteiger partial charge in [0, 0.05) is 29.2 Å². The highest BCUT2D eigenvalue weighted by molar-refractivity contribution is 5.52. The van der Waals surface area contributed by atoms with Crippen LogP contribution in [0.2, 0.25) is 0 Å². The van der Waals surface area contributed by atoms with Crippen LogP contribution < -0.4 is 10.6 Å². The molecule has 2 aromatic carbocycles. The van der Waals surface area contributed by atoms with Gasteiger partial charge in [0.2, 0.25) is 0 Å². The minimum atomic E-state index is -0.114. The predicted molar refractivity (Wildman–Crippen MR) is 157 cm³/mol. The van der Waals surface area contributed by atoms with Crippen LogP contribution in [0.5, 0.6) is 5.75 Å². The van der Waals surface area contributed by atoms with E-state index >= 15 is 0 Å². The van der Waals surface area contributed by atoms with Gasteiger partial charge in [-0.25, -0.2) is 0 Å². The first kappa shape index (κ1) is 29.3. The van der Waals surface area contributed by atoms with Crippen LogP contribution >= 0.6 is 0 Å². The zero-order valence-corrected chi connectivity index (χ0v) is 24.0. The minimum Gasteiger partial charge on any atom is -0.507 e. The summed E-state index contributed by atoms with van der Waals surface area (Å²) in [7, 11) is 0. The molecule has 3 nitrogen and oxygen atoms in total. The van der Waals surface area contributed by atoms with Crippen LogP contribution in [0.1, 0.15) is 84.1 Å². The highest BCUT2D eigenvalue weighted by Crippen LogP contribution is 2.34. The maximum Gasteiger partial charge on any atom is 0.124 e. The molecule has 2 rings (SSSR count). The summed E-state index contributed by atoms with van der Waals surface area (Å²) in [5.41, 5.74) is 7.48. The van der Waals surface area contributed by atoms with Gasteiger partial charge in [0.15, 0.2) is 0 Å². The SMILES string of the molecule is C=C(/C=C\C(=C/C)Nc1ccc(CC(C)CC(C)(C)C)cc1)NCc1cc(C)cc(C(C)(C)C)c1O. The van der Waals surface area contributed by atoms with Crippen LogP contribution in [-0.4, -0.2) is 5.11 Å². The Labute approximate surface area is 220 Å². The van der Waals surface area contributed by atoms with E-state index in [1.165, 1.54) is 12.0 Å². The fourth-order valence-electron chi connectivity index (χ4n) is 4.64. The second-order valence-corrected chi connectivity index (χ2v) is 12.4. The second-order valence-electron chi connectivity index (χ2n) is 12.4. The zero-order chi connectivity index (χ0) is 27.1. The first-order valence-electron chi connectivity index (χ1n) is 13.1. The predicted octanol–water partition coefficient (Wildman–Crippen LogP) is 8.79. The van der Waals surface area contributed by atoms with Crippen molar-refractivity contribution in [3.05, 3.63) is 94.9 Å². The lowest BCUT2D eigenvalue weighted by atomic mass is 9.83. The van der Waals surface area contributed by atoms with Gasteiger partial charge in [-0.2, -0.15) is 0 Å². The molecule has 196 valence electrons. The molecule has 0 amide bonds. The quantitative estimate of drug-likeness (QED) is 0.293. The number of phenolic OH excluding ortho intramolecular Hbond substituents is 1. The lowest BCUT2D eigenvalue weighted by molar-refractivity contribution is 0.306. The monoisotopic (exact) mass is 488 g/mol. The molecule has 0 radical (unpaired) electrons. The third-order valence-corrected chi connectivity index (χ3v) is 6.21. The van der Waals surface area contributed by atoms with Gasteiger partial charge < -0.3 is 15.7 Å². The molecule has 0 fully saturated rings. The second kappa shape index (κ2) is 12.3. The first-order valence-corrected chi connectivity index (χ1v) is 13.1. The summed E-state index contributed by atoms with van der Waals surface area (Å²) in [5.74, 6) is 1.03. The van der Waals surface area contributed by atoms with Crippen LogP contribution in [0.25, 0.3) is 0 Å². The summed E-state index contributed by atoms with van der Waals surface area (Å²) in [6.07, 6.45) is 8.35. The normalized spacial score (nSPS) is 13.6. The number of aromatic hydroxyl groups is 1. The van der Waals surface area contributed by atoms with E-state index in [1.807, 2.05) is 31.2 Å². The van der Waals surface area contributed by atoms with E-state index in [2.05, 4.69) is 103 Å².